The Morgan fingerprint density at radius 3 is 0.969 bits per heavy atom. The van der Waals surface area contributed by atoms with Gasteiger partial charge in [-0.3, -0.25) is 0 Å². The third kappa shape index (κ3) is 3.98. The third-order valence-electron chi connectivity index (χ3n) is 4.17. The van der Waals surface area contributed by atoms with Crippen molar-refractivity contribution in [2.75, 3.05) is 11.5 Å². The van der Waals surface area contributed by atoms with Crippen molar-refractivity contribution < 1.29 is 35.1 Å². The number of halogens is 8. The first-order valence-electron chi connectivity index (χ1n) is 8.45. The number of nitrogen functional groups attached to an aromatic ring is 2. The zero-order valence-corrected chi connectivity index (χ0v) is 15.5. The van der Waals surface area contributed by atoms with Crippen molar-refractivity contribution in [2.24, 2.45) is 9.98 Å². The van der Waals surface area contributed by atoms with E-state index >= 15 is 0 Å². The molecule has 0 saturated carbocycles. The van der Waals surface area contributed by atoms with Crippen molar-refractivity contribution in [2.45, 2.75) is 0 Å². The highest BCUT2D eigenvalue weighted by molar-refractivity contribution is 5.86. The van der Waals surface area contributed by atoms with Crippen LogP contribution >= 0.6 is 0 Å². The van der Waals surface area contributed by atoms with Crippen LogP contribution in [0.5, 0.6) is 0 Å². The van der Waals surface area contributed by atoms with Crippen molar-refractivity contribution in [1.29, 1.82) is 0 Å². The highest BCUT2D eigenvalue weighted by Crippen LogP contribution is 2.32. The summed E-state index contributed by atoms with van der Waals surface area (Å²) in [6, 6.07) is 5.17. The molecule has 0 amide bonds. The van der Waals surface area contributed by atoms with Gasteiger partial charge in [0.25, 0.3) is 0 Å². The van der Waals surface area contributed by atoms with Crippen molar-refractivity contribution >= 4 is 35.2 Å². The second-order valence-electron chi connectivity index (χ2n) is 6.22. The predicted molar refractivity (Wildman–Crippen MR) is 102 cm³/mol. The minimum atomic E-state index is -1.79. The van der Waals surface area contributed by atoms with E-state index in [0.717, 1.165) is 12.4 Å². The van der Waals surface area contributed by atoms with Crippen LogP contribution in [0.1, 0.15) is 11.1 Å². The largest absolute Gasteiger partial charge is 0.394 e. The van der Waals surface area contributed by atoms with E-state index in [1.807, 2.05) is 0 Å². The molecule has 0 aliphatic rings. The molecule has 0 atom stereocenters. The second kappa shape index (κ2) is 8.65. The maximum Gasteiger partial charge on any atom is 0.189 e. The fourth-order valence-electron chi connectivity index (χ4n) is 2.45. The molecule has 3 aromatic rings. The predicted octanol–water partition coefficient (Wildman–Crippen LogP) is 5.47. The maximum absolute atomic E-state index is 13.8. The minimum absolute atomic E-state index is 0.195. The standard InChI is InChI=1S/C20H10F8N4/c21-9-13(25)19(14(26)10(22)17(9)29)31-5-7-1-2-8(4-3-7)6-32-20-15(27)11(23)18(30)12(24)16(20)28/h1-6H,29-30H2. The van der Waals surface area contributed by atoms with Crippen molar-refractivity contribution in [1.82, 2.24) is 0 Å². The number of hydrogen-bond donors (Lipinski definition) is 2. The van der Waals surface area contributed by atoms with Crippen LogP contribution < -0.4 is 11.5 Å². The van der Waals surface area contributed by atoms with Gasteiger partial charge in [0.2, 0.25) is 0 Å². The van der Waals surface area contributed by atoms with Crippen LogP contribution in [-0.4, -0.2) is 12.4 Å². The molecule has 0 bridgehead atoms. The minimum Gasteiger partial charge on any atom is -0.394 e. The first-order chi connectivity index (χ1) is 15.0. The van der Waals surface area contributed by atoms with E-state index in [4.69, 9.17) is 11.5 Å². The first-order valence-corrected chi connectivity index (χ1v) is 8.45. The van der Waals surface area contributed by atoms with Gasteiger partial charge in [0.1, 0.15) is 22.7 Å². The summed E-state index contributed by atoms with van der Waals surface area (Å²) in [5.41, 5.74) is 5.07. The Labute approximate surface area is 174 Å². The van der Waals surface area contributed by atoms with Crippen LogP contribution in [0.2, 0.25) is 0 Å². The maximum atomic E-state index is 13.8. The number of rotatable bonds is 4. The van der Waals surface area contributed by atoms with Gasteiger partial charge in [0, 0.05) is 12.4 Å². The van der Waals surface area contributed by atoms with Crippen LogP contribution in [-0.2, 0) is 0 Å². The Morgan fingerprint density at radius 1 is 0.469 bits per heavy atom. The molecule has 0 unspecified atom stereocenters. The van der Waals surface area contributed by atoms with Crippen LogP contribution in [0.15, 0.2) is 34.3 Å². The van der Waals surface area contributed by atoms with Gasteiger partial charge >= 0.3 is 0 Å². The van der Waals surface area contributed by atoms with E-state index in [0.29, 0.717) is 0 Å². The summed E-state index contributed by atoms with van der Waals surface area (Å²) >= 11 is 0. The number of nitrogens with two attached hydrogens (primary N) is 2. The molecule has 0 aromatic heterocycles. The second-order valence-corrected chi connectivity index (χ2v) is 6.22. The number of nitrogens with zero attached hydrogens (tertiary/aromatic N) is 2. The van der Waals surface area contributed by atoms with E-state index < -0.39 is 69.3 Å². The summed E-state index contributed by atoms with van der Waals surface area (Å²) in [5.74, 6) is -14.3. The molecule has 4 nitrogen and oxygen atoms in total. The monoisotopic (exact) mass is 458 g/mol. The molecule has 32 heavy (non-hydrogen) atoms. The average molecular weight is 458 g/mol. The van der Waals surface area contributed by atoms with Crippen molar-refractivity contribution in [3.8, 4) is 0 Å². The molecule has 12 heteroatoms. The highest BCUT2D eigenvalue weighted by Gasteiger charge is 2.24. The van der Waals surface area contributed by atoms with Gasteiger partial charge in [-0.05, 0) is 11.1 Å². The Balaban J connectivity index is 1.86. The van der Waals surface area contributed by atoms with Crippen molar-refractivity contribution in [3.63, 3.8) is 0 Å². The van der Waals surface area contributed by atoms with Gasteiger partial charge in [-0.25, -0.2) is 45.1 Å². The number of benzene rings is 3. The van der Waals surface area contributed by atoms with Gasteiger partial charge in [0.05, 0.1) is 0 Å². The Kier molecular flexibility index (Phi) is 6.14. The van der Waals surface area contributed by atoms with Crippen LogP contribution in [0.25, 0.3) is 0 Å². The number of aliphatic imine (C=N–C) groups is 2. The molecule has 0 fully saturated rings. The fourth-order valence-corrected chi connectivity index (χ4v) is 2.45. The van der Waals surface area contributed by atoms with Gasteiger partial charge in [-0.2, -0.15) is 0 Å². The first kappa shape index (κ1) is 22.7. The average Bonchev–Trinajstić information content (AvgIpc) is 2.79. The summed E-state index contributed by atoms with van der Waals surface area (Å²) in [5, 5.41) is 0. The van der Waals surface area contributed by atoms with Crippen molar-refractivity contribution in [3.05, 3.63) is 81.9 Å². The molecule has 0 heterocycles. The highest BCUT2D eigenvalue weighted by atomic mass is 19.2. The fraction of sp³-hybridized carbons (Fsp3) is 0. The lowest BCUT2D eigenvalue weighted by Gasteiger charge is -2.06. The molecule has 0 radical (unpaired) electrons. The van der Waals surface area contributed by atoms with E-state index in [1.54, 1.807) is 0 Å². The molecule has 3 rings (SSSR count). The molecule has 4 N–H and O–H groups in total. The molecule has 3 aromatic carbocycles. The zero-order valence-electron chi connectivity index (χ0n) is 15.5. The van der Waals surface area contributed by atoms with E-state index in [9.17, 15) is 35.1 Å². The van der Waals surface area contributed by atoms with E-state index in [-0.39, 0.29) is 11.1 Å². The summed E-state index contributed by atoms with van der Waals surface area (Å²) < 4.78 is 109. The lowest BCUT2D eigenvalue weighted by atomic mass is 10.1. The summed E-state index contributed by atoms with van der Waals surface area (Å²) in [7, 11) is 0. The topological polar surface area (TPSA) is 76.8 Å². The third-order valence-corrected chi connectivity index (χ3v) is 4.17. The van der Waals surface area contributed by atoms with Gasteiger partial charge in [-0.1, -0.05) is 24.3 Å². The zero-order chi connectivity index (χ0) is 23.7. The van der Waals surface area contributed by atoms with Gasteiger partial charge in [-0.15, -0.1) is 0 Å². The molecular formula is C20H10F8N4. The van der Waals surface area contributed by atoms with Gasteiger partial charge in [0.15, 0.2) is 46.5 Å². The van der Waals surface area contributed by atoms with Crippen LogP contribution in [0.4, 0.5) is 57.9 Å². The van der Waals surface area contributed by atoms with E-state index in [2.05, 4.69) is 9.98 Å². The molecule has 0 aliphatic heterocycles. The Bertz CT molecular complexity index is 1110. The Morgan fingerprint density at radius 2 is 0.719 bits per heavy atom. The SMILES string of the molecule is Nc1c(F)c(F)c(N=Cc2ccc(C=Nc3c(F)c(F)c(N)c(F)c3F)cc2)c(F)c1F. The lowest BCUT2D eigenvalue weighted by Crippen LogP contribution is -2.03. The molecule has 0 saturated heterocycles. The number of anilines is 2. The lowest BCUT2D eigenvalue weighted by molar-refractivity contribution is 0.463. The molecule has 0 aliphatic carbocycles. The molecule has 0 spiro atoms. The summed E-state index contributed by atoms with van der Waals surface area (Å²) in [6.07, 6.45) is 1.75. The van der Waals surface area contributed by atoms with E-state index in [1.165, 1.54) is 24.3 Å². The Hall–Kier alpha value is -3.96. The summed E-state index contributed by atoms with van der Waals surface area (Å²) in [6.45, 7) is 0. The quantitative estimate of drug-likeness (QED) is 0.236. The number of hydrogen-bond acceptors (Lipinski definition) is 4. The normalized spacial score (nSPS) is 11.8. The van der Waals surface area contributed by atoms with Crippen LogP contribution in [0.3, 0.4) is 0 Å². The smallest absolute Gasteiger partial charge is 0.189 e. The van der Waals surface area contributed by atoms with Crippen LogP contribution in [0, 0.1) is 46.5 Å². The molecule has 166 valence electrons. The summed E-state index contributed by atoms with van der Waals surface area (Å²) in [4.78, 5) is 6.75. The molecular weight excluding hydrogens is 448 g/mol. The van der Waals surface area contributed by atoms with Gasteiger partial charge < -0.3 is 11.5 Å².